The molecule has 1 N–H and O–H groups in total. The Bertz CT molecular complexity index is 470. The summed E-state index contributed by atoms with van der Waals surface area (Å²) in [5.41, 5.74) is 1.54. The minimum atomic E-state index is 0.0388. The van der Waals surface area contributed by atoms with Gasteiger partial charge in [-0.1, -0.05) is 6.92 Å². The van der Waals surface area contributed by atoms with Crippen molar-refractivity contribution in [1.82, 2.24) is 4.98 Å². The Morgan fingerprint density at radius 2 is 2.21 bits per heavy atom. The Kier molecular flexibility index (Phi) is 3.93. The minimum absolute atomic E-state index is 0.0388. The zero-order chi connectivity index (χ0) is 14.0. The molecule has 0 unspecified atom stereocenters. The van der Waals surface area contributed by atoms with Crippen LogP contribution >= 0.6 is 0 Å². The van der Waals surface area contributed by atoms with Crippen LogP contribution in [-0.4, -0.2) is 32.1 Å². The molecule has 0 radical (unpaired) electrons. The zero-order valence-corrected chi connectivity index (χ0v) is 11.9. The minimum Gasteiger partial charge on any atom is -0.479 e. The molecule has 0 bridgehead atoms. The molecule has 1 amide bonds. The van der Waals surface area contributed by atoms with Gasteiger partial charge in [0, 0.05) is 26.2 Å². The van der Waals surface area contributed by atoms with E-state index in [2.05, 4.69) is 10.3 Å². The third kappa shape index (κ3) is 2.97. The first-order valence-electron chi connectivity index (χ1n) is 6.55. The fraction of sp³-hybridized carbons (Fsp3) is 0.571. The average Bonchev–Trinajstić information content (AvgIpc) is 3.21. The van der Waals surface area contributed by atoms with E-state index in [-0.39, 0.29) is 11.8 Å². The number of amides is 1. The Hall–Kier alpha value is -1.78. The van der Waals surface area contributed by atoms with Crippen LogP contribution in [0.1, 0.15) is 19.8 Å². The number of pyridine rings is 1. The molecule has 1 atom stereocenters. The van der Waals surface area contributed by atoms with Crippen molar-refractivity contribution < 1.29 is 9.53 Å². The fourth-order valence-corrected chi connectivity index (χ4v) is 2.13. The van der Waals surface area contributed by atoms with E-state index in [1.54, 1.807) is 13.3 Å². The van der Waals surface area contributed by atoms with Gasteiger partial charge in [-0.15, -0.1) is 0 Å². The highest BCUT2D eigenvalue weighted by Gasteiger charge is 2.33. The molecular weight excluding hydrogens is 242 g/mol. The lowest BCUT2D eigenvalue weighted by molar-refractivity contribution is -0.119. The summed E-state index contributed by atoms with van der Waals surface area (Å²) in [6, 6.07) is 1.86. The smallest absolute Gasteiger partial charge is 0.239 e. The second-order valence-corrected chi connectivity index (χ2v) is 5.22. The van der Waals surface area contributed by atoms with Crippen molar-refractivity contribution in [3.63, 3.8) is 0 Å². The molecule has 2 rings (SSSR count). The maximum atomic E-state index is 12.2. The van der Waals surface area contributed by atoms with E-state index in [1.807, 2.05) is 32.0 Å². The number of carbonyl (C=O) groups excluding carboxylic acids is 1. The topological polar surface area (TPSA) is 54.5 Å². The molecule has 0 spiro atoms. The fourth-order valence-electron chi connectivity index (χ4n) is 2.13. The van der Waals surface area contributed by atoms with Crippen LogP contribution in [-0.2, 0) is 4.79 Å². The molecule has 1 aliphatic carbocycles. The van der Waals surface area contributed by atoms with Crippen molar-refractivity contribution in [2.75, 3.05) is 31.4 Å². The van der Waals surface area contributed by atoms with Gasteiger partial charge in [-0.25, -0.2) is 4.98 Å². The Morgan fingerprint density at radius 3 is 2.74 bits per heavy atom. The summed E-state index contributed by atoms with van der Waals surface area (Å²) in [7, 11) is 5.41. The molecule has 0 aliphatic heterocycles. The second kappa shape index (κ2) is 5.47. The highest BCUT2D eigenvalue weighted by Crippen LogP contribution is 2.38. The Labute approximate surface area is 114 Å². The van der Waals surface area contributed by atoms with E-state index in [9.17, 15) is 4.79 Å². The van der Waals surface area contributed by atoms with Crippen LogP contribution in [0.15, 0.2) is 12.3 Å². The number of hydrogen-bond donors (Lipinski definition) is 1. The van der Waals surface area contributed by atoms with E-state index in [4.69, 9.17) is 4.74 Å². The van der Waals surface area contributed by atoms with Crippen LogP contribution in [0.25, 0.3) is 0 Å². The van der Waals surface area contributed by atoms with Gasteiger partial charge in [0.05, 0.1) is 12.8 Å². The standard InChI is InChI=1S/C14H21N3O2/c1-9(10-5-6-10)13(18)16-12-11(17(2)3)7-8-15-14(12)19-4/h7-10H,5-6H2,1-4H3,(H,16,18)/t9-/m0/s1. The van der Waals surface area contributed by atoms with Crippen LogP contribution < -0.4 is 15.0 Å². The summed E-state index contributed by atoms with van der Waals surface area (Å²) in [5, 5.41) is 2.96. The average molecular weight is 263 g/mol. The number of nitrogens with one attached hydrogen (secondary N) is 1. The SMILES string of the molecule is COc1nccc(N(C)C)c1NC(=O)[C@@H](C)C1CC1. The molecule has 104 valence electrons. The van der Waals surface area contributed by atoms with Gasteiger partial charge in [0.1, 0.15) is 5.69 Å². The first-order chi connectivity index (χ1) is 9.04. The largest absolute Gasteiger partial charge is 0.479 e. The molecular formula is C14H21N3O2. The van der Waals surface area contributed by atoms with E-state index < -0.39 is 0 Å². The number of anilines is 2. The molecule has 1 saturated carbocycles. The second-order valence-electron chi connectivity index (χ2n) is 5.22. The number of hydrogen-bond acceptors (Lipinski definition) is 4. The molecule has 1 fully saturated rings. The first kappa shape index (κ1) is 13.6. The van der Waals surface area contributed by atoms with Gasteiger partial charge in [-0.3, -0.25) is 4.79 Å². The third-order valence-electron chi connectivity index (χ3n) is 3.56. The molecule has 1 aromatic heterocycles. The van der Waals surface area contributed by atoms with Crippen LogP contribution in [0, 0.1) is 11.8 Å². The number of ether oxygens (including phenoxy) is 1. The highest BCUT2D eigenvalue weighted by atomic mass is 16.5. The van der Waals surface area contributed by atoms with Gasteiger partial charge in [0.2, 0.25) is 11.8 Å². The Morgan fingerprint density at radius 1 is 1.53 bits per heavy atom. The van der Waals surface area contributed by atoms with Crippen molar-refractivity contribution in [2.45, 2.75) is 19.8 Å². The summed E-state index contributed by atoms with van der Waals surface area (Å²) >= 11 is 0. The lowest BCUT2D eigenvalue weighted by Crippen LogP contribution is -2.24. The summed E-state index contributed by atoms with van der Waals surface area (Å²) in [6.07, 6.45) is 3.98. The molecule has 1 heterocycles. The van der Waals surface area contributed by atoms with Gasteiger partial charge in [0.15, 0.2) is 0 Å². The summed E-state index contributed by atoms with van der Waals surface area (Å²) in [5.74, 6) is 1.06. The van der Waals surface area contributed by atoms with Gasteiger partial charge in [-0.2, -0.15) is 0 Å². The van der Waals surface area contributed by atoms with E-state index in [0.717, 1.165) is 18.5 Å². The first-order valence-corrected chi connectivity index (χ1v) is 6.55. The van der Waals surface area contributed by atoms with Crippen molar-refractivity contribution in [3.05, 3.63) is 12.3 Å². The molecule has 0 aromatic carbocycles. The summed E-state index contributed by atoms with van der Waals surface area (Å²) in [6.45, 7) is 1.98. The quantitative estimate of drug-likeness (QED) is 0.884. The predicted molar refractivity (Wildman–Crippen MR) is 75.6 cm³/mol. The molecule has 19 heavy (non-hydrogen) atoms. The van der Waals surface area contributed by atoms with Crippen LogP contribution in [0.4, 0.5) is 11.4 Å². The predicted octanol–water partition coefficient (Wildman–Crippen LogP) is 2.14. The van der Waals surface area contributed by atoms with Crippen LogP contribution in [0.2, 0.25) is 0 Å². The third-order valence-corrected chi connectivity index (χ3v) is 3.56. The van der Waals surface area contributed by atoms with Crippen molar-refractivity contribution >= 4 is 17.3 Å². The number of aromatic nitrogens is 1. The monoisotopic (exact) mass is 263 g/mol. The summed E-state index contributed by atoms with van der Waals surface area (Å²) in [4.78, 5) is 18.3. The van der Waals surface area contributed by atoms with Crippen LogP contribution in [0.5, 0.6) is 5.88 Å². The lowest BCUT2D eigenvalue weighted by Gasteiger charge is -2.20. The van der Waals surface area contributed by atoms with Crippen molar-refractivity contribution in [1.29, 1.82) is 0 Å². The van der Waals surface area contributed by atoms with Gasteiger partial charge in [0.25, 0.3) is 0 Å². The van der Waals surface area contributed by atoms with Crippen molar-refractivity contribution in [2.24, 2.45) is 11.8 Å². The van der Waals surface area contributed by atoms with E-state index >= 15 is 0 Å². The van der Waals surface area contributed by atoms with Crippen LogP contribution in [0.3, 0.4) is 0 Å². The van der Waals surface area contributed by atoms with Crippen molar-refractivity contribution in [3.8, 4) is 5.88 Å². The van der Waals surface area contributed by atoms with E-state index in [0.29, 0.717) is 17.5 Å². The Balaban J connectivity index is 2.24. The van der Waals surface area contributed by atoms with Gasteiger partial charge in [-0.05, 0) is 24.8 Å². The highest BCUT2D eigenvalue weighted by molar-refractivity contribution is 5.97. The number of nitrogens with zero attached hydrogens (tertiary/aromatic N) is 2. The maximum Gasteiger partial charge on any atom is 0.239 e. The number of rotatable bonds is 5. The van der Waals surface area contributed by atoms with Gasteiger partial charge >= 0.3 is 0 Å². The number of carbonyl (C=O) groups is 1. The molecule has 5 nitrogen and oxygen atoms in total. The lowest BCUT2D eigenvalue weighted by atomic mass is 10.1. The molecule has 1 aromatic rings. The molecule has 1 aliphatic rings. The van der Waals surface area contributed by atoms with Gasteiger partial charge < -0.3 is 15.0 Å². The van der Waals surface area contributed by atoms with E-state index in [1.165, 1.54) is 0 Å². The normalized spacial score (nSPS) is 15.8. The number of methoxy groups -OCH3 is 1. The molecule has 0 saturated heterocycles. The summed E-state index contributed by atoms with van der Waals surface area (Å²) < 4.78 is 5.24. The zero-order valence-electron chi connectivity index (χ0n) is 11.9. The maximum absolute atomic E-state index is 12.2. The molecule has 5 heteroatoms.